The third kappa shape index (κ3) is 4.23. The first kappa shape index (κ1) is 19.2. The number of ether oxygens (including phenoxy) is 1. The highest BCUT2D eigenvalue weighted by Gasteiger charge is 2.56. The maximum absolute atomic E-state index is 12.8. The fourth-order valence-electron chi connectivity index (χ4n) is 3.38. The number of likely N-dealkylation sites (tertiary alicyclic amines) is 1. The van der Waals surface area contributed by atoms with Crippen LogP contribution in [0.4, 0.5) is 10.5 Å². The summed E-state index contributed by atoms with van der Waals surface area (Å²) in [7, 11) is 0. The minimum absolute atomic E-state index is 0.0214. The Morgan fingerprint density at radius 3 is 2.41 bits per heavy atom. The summed E-state index contributed by atoms with van der Waals surface area (Å²) in [6, 6.07) is 7.51. The Balaban J connectivity index is 1.53. The number of para-hydroxylation sites is 1. The number of hydrogen-bond acceptors (Lipinski definition) is 4. The van der Waals surface area contributed by atoms with Gasteiger partial charge in [-0.15, -0.1) is 0 Å². The van der Waals surface area contributed by atoms with Crippen LogP contribution >= 0.6 is 0 Å². The van der Waals surface area contributed by atoms with E-state index < -0.39 is 5.41 Å². The molecule has 3 rings (SSSR count). The zero-order chi connectivity index (χ0) is 19.4. The number of amides is 3. The number of anilines is 1. The molecule has 2 N–H and O–H groups in total. The minimum atomic E-state index is -0.958. The molecule has 2 aliphatic rings. The fraction of sp³-hybridized carbons (Fsp3) is 0.550. The van der Waals surface area contributed by atoms with E-state index in [0.29, 0.717) is 45.4 Å². The van der Waals surface area contributed by atoms with Crippen molar-refractivity contribution in [3.8, 4) is 0 Å². The molecule has 1 saturated heterocycles. The van der Waals surface area contributed by atoms with Crippen LogP contribution in [0.3, 0.4) is 0 Å². The van der Waals surface area contributed by atoms with Gasteiger partial charge in [-0.2, -0.15) is 0 Å². The van der Waals surface area contributed by atoms with Crippen molar-refractivity contribution >= 4 is 23.6 Å². The lowest BCUT2D eigenvalue weighted by atomic mass is 10.0. The van der Waals surface area contributed by atoms with Crippen molar-refractivity contribution in [3.05, 3.63) is 29.8 Å². The monoisotopic (exact) mass is 373 g/mol. The Labute approximate surface area is 159 Å². The quantitative estimate of drug-likeness (QED) is 0.776. The van der Waals surface area contributed by atoms with Crippen LogP contribution < -0.4 is 10.6 Å². The topological polar surface area (TPSA) is 87.7 Å². The molecule has 3 amide bonds. The van der Waals surface area contributed by atoms with E-state index in [-0.39, 0.29) is 23.9 Å². The lowest BCUT2D eigenvalue weighted by Crippen LogP contribution is -2.50. The highest BCUT2D eigenvalue weighted by atomic mass is 16.6. The third-order valence-corrected chi connectivity index (χ3v) is 5.37. The molecular formula is C20H27N3O4. The van der Waals surface area contributed by atoms with Gasteiger partial charge in [-0.05, 0) is 51.2 Å². The summed E-state index contributed by atoms with van der Waals surface area (Å²) in [4.78, 5) is 38.9. The highest BCUT2D eigenvalue weighted by molar-refractivity contribution is 6.13. The predicted molar refractivity (Wildman–Crippen MR) is 101 cm³/mol. The molecule has 0 atom stereocenters. The molecule has 0 unspecified atom stereocenters. The van der Waals surface area contributed by atoms with Gasteiger partial charge in [0.2, 0.25) is 11.8 Å². The van der Waals surface area contributed by atoms with Crippen LogP contribution in [-0.4, -0.2) is 48.5 Å². The van der Waals surface area contributed by atoms with Crippen LogP contribution in [0, 0.1) is 12.3 Å². The lowest BCUT2D eigenvalue weighted by molar-refractivity contribution is -0.135. The molecule has 1 aliphatic carbocycles. The van der Waals surface area contributed by atoms with Crippen molar-refractivity contribution in [1.29, 1.82) is 0 Å². The molecular weight excluding hydrogens is 346 g/mol. The maximum Gasteiger partial charge on any atom is 0.409 e. The fourth-order valence-corrected chi connectivity index (χ4v) is 3.38. The normalized spacial score (nSPS) is 18.5. The second-order valence-corrected chi connectivity index (χ2v) is 7.28. The van der Waals surface area contributed by atoms with Gasteiger partial charge in [0.15, 0.2) is 0 Å². The molecule has 1 aromatic rings. The smallest absolute Gasteiger partial charge is 0.409 e. The molecule has 1 heterocycles. The average Bonchev–Trinajstić information content (AvgIpc) is 3.46. The first-order chi connectivity index (χ1) is 13.0. The molecule has 0 bridgehead atoms. The number of carbonyl (C=O) groups excluding carboxylic acids is 3. The summed E-state index contributed by atoms with van der Waals surface area (Å²) in [5.74, 6) is -0.443. The molecule has 1 aliphatic heterocycles. The largest absolute Gasteiger partial charge is 0.450 e. The first-order valence-electron chi connectivity index (χ1n) is 9.56. The molecule has 7 nitrogen and oxygen atoms in total. The molecule has 1 saturated carbocycles. The summed E-state index contributed by atoms with van der Waals surface area (Å²) >= 11 is 0. The van der Waals surface area contributed by atoms with E-state index in [2.05, 4.69) is 10.6 Å². The van der Waals surface area contributed by atoms with Crippen LogP contribution in [0.2, 0.25) is 0 Å². The van der Waals surface area contributed by atoms with Crippen molar-refractivity contribution < 1.29 is 19.1 Å². The van der Waals surface area contributed by atoms with Crippen LogP contribution in [0.5, 0.6) is 0 Å². The van der Waals surface area contributed by atoms with Gasteiger partial charge in [0.05, 0.1) is 6.61 Å². The molecule has 0 aromatic heterocycles. The number of nitrogens with zero attached hydrogens (tertiary/aromatic N) is 1. The summed E-state index contributed by atoms with van der Waals surface area (Å²) < 4.78 is 5.01. The van der Waals surface area contributed by atoms with Gasteiger partial charge >= 0.3 is 6.09 Å². The maximum atomic E-state index is 12.8. The van der Waals surface area contributed by atoms with E-state index in [0.717, 1.165) is 11.3 Å². The van der Waals surface area contributed by atoms with Crippen LogP contribution in [-0.2, 0) is 14.3 Å². The van der Waals surface area contributed by atoms with Crippen LogP contribution in [0.15, 0.2) is 24.3 Å². The van der Waals surface area contributed by atoms with Crippen molar-refractivity contribution in [2.75, 3.05) is 25.0 Å². The number of piperidine rings is 1. The molecule has 146 valence electrons. The predicted octanol–water partition coefficient (Wildman–Crippen LogP) is 2.45. The molecule has 7 heteroatoms. The Hall–Kier alpha value is -2.57. The van der Waals surface area contributed by atoms with Crippen molar-refractivity contribution in [2.45, 2.75) is 45.6 Å². The van der Waals surface area contributed by atoms with Crippen molar-refractivity contribution in [3.63, 3.8) is 0 Å². The second-order valence-electron chi connectivity index (χ2n) is 7.28. The molecule has 0 spiro atoms. The Morgan fingerprint density at radius 1 is 1.15 bits per heavy atom. The van der Waals surface area contributed by atoms with Crippen LogP contribution in [0.25, 0.3) is 0 Å². The van der Waals surface area contributed by atoms with E-state index in [1.807, 2.05) is 31.2 Å². The van der Waals surface area contributed by atoms with Crippen molar-refractivity contribution in [1.82, 2.24) is 10.2 Å². The van der Waals surface area contributed by atoms with Gasteiger partial charge in [-0.1, -0.05) is 18.2 Å². The van der Waals surface area contributed by atoms with E-state index in [9.17, 15) is 14.4 Å². The van der Waals surface area contributed by atoms with E-state index in [1.54, 1.807) is 11.8 Å². The molecule has 1 aromatic carbocycles. The number of nitrogens with one attached hydrogen (secondary N) is 2. The Bertz CT molecular complexity index is 722. The summed E-state index contributed by atoms with van der Waals surface area (Å²) in [5, 5.41) is 5.91. The van der Waals surface area contributed by atoms with Gasteiger partial charge in [0, 0.05) is 24.8 Å². The SMILES string of the molecule is CCOC(=O)N1CCC(NC(=O)C2(C(=O)Nc3ccccc3C)CC2)CC1. The molecule has 0 radical (unpaired) electrons. The Kier molecular flexibility index (Phi) is 5.68. The number of aryl methyl sites for hydroxylation is 1. The average molecular weight is 373 g/mol. The standard InChI is InChI=1S/C20H27N3O4/c1-3-27-19(26)23-12-8-15(9-13-23)21-17(24)20(10-11-20)18(25)22-16-7-5-4-6-14(16)2/h4-7,15H,3,8-13H2,1-2H3,(H,21,24)(H,22,25). The van der Waals surface area contributed by atoms with Gasteiger partial charge in [-0.25, -0.2) is 4.79 Å². The van der Waals surface area contributed by atoms with Gasteiger partial charge in [0.1, 0.15) is 5.41 Å². The zero-order valence-corrected chi connectivity index (χ0v) is 15.9. The van der Waals surface area contributed by atoms with Gasteiger partial charge in [0.25, 0.3) is 0 Å². The number of rotatable bonds is 5. The summed E-state index contributed by atoms with van der Waals surface area (Å²) in [6.45, 7) is 5.15. The van der Waals surface area contributed by atoms with Gasteiger partial charge in [-0.3, -0.25) is 9.59 Å². The Morgan fingerprint density at radius 2 is 1.81 bits per heavy atom. The zero-order valence-electron chi connectivity index (χ0n) is 15.9. The highest BCUT2D eigenvalue weighted by Crippen LogP contribution is 2.47. The first-order valence-corrected chi connectivity index (χ1v) is 9.56. The van der Waals surface area contributed by atoms with E-state index in [1.165, 1.54) is 0 Å². The number of hydrogen-bond donors (Lipinski definition) is 2. The number of carbonyl (C=O) groups is 3. The second kappa shape index (κ2) is 7.98. The summed E-state index contributed by atoms with van der Waals surface area (Å²) in [5.41, 5.74) is 0.748. The van der Waals surface area contributed by atoms with Crippen molar-refractivity contribution in [2.24, 2.45) is 5.41 Å². The van der Waals surface area contributed by atoms with E-state index in [4.69, 9.17) is 4.74 Å². The summed E-state index contributed by atoms with van der Waals surface area (Å²) in [6.07, 6.45) is 2.16. The molecule has 27 heavy (non-hydrogen) atoms. The number of benzene rings is 1. The van der Waals surface area contributed by atoms with Crippen LogP contribution in [0.1, 0.15) is 38.2 Å². The minimum Gasteiger partial charge on any atom is -0.450 e. The third-order valence-electron chi connectivity index (χ3n) is 5.37. The molecule has 2 fully saturated rings. The van der Waals surface area contributed by atoms with Gasteiger partial charge < -0.3 is 20.3 Å². The lowest BCUT2D eigenvalue weighted by Gasteiger charge is -2.32. The van der Waals surface area contributed by atoms with E-state index >= 15 is 0 Å².